The van der Waals surface area contributed by atoms with Gasteiger partial charge in [-0.1, -0.05) is 18.2 Å². The highest BCUT2D eigenvalue weighted by atomic mass is 16.5. The van der Waals surface area contributed by atoms with Crippen LogP contribution in [0.3, 0.4) is 0 Å². The van der Waals surface area contributed by atoms with Gasteiger partial charge in [0, 0.05) is 12.7 Å². The van der Waals surface area contributed by atoms with Crippen molar-refractivity contribution in [3.05, 3.63) is 36.4 Å². The molecular formula is C9H11O2. The van der Waals surface area contributed by atoms with Crippen LogP contribution in [-0.4, -0.2) is 14.2 Å². The van der Waals surface area contributed by atoms with Crippen molar-refractivity contribution in [1.82, 2.24) is 0 Å². The van der Waals surface area contributed by atoms with Gasteiger partial charge in [-0.15, -0.1) is 0 Å². The van der Waals surface area contributed by atoms with Gasteiger partial charge in [0.2, 0.25) is 0 Å². The topological polar surface area (TPSA) is 18.5 Å². The SMILES string of the molecule is CO[CH]c1ccccc1OC. The molecule has 1 aromatic carbocycles. The fourth-order valence-corrected chi connectivity index (χ4v) is 0.891. The van der Waals surface area contributed by atoms with Gasteiger partial charge in [0.1, 0.15) is 12.4 Å². The van der Waals surface area contributed by atoms with Gasteiger partial charge in [0.15, 0.2) is 0 Å². The standard InChI is InChI=1S/C9H11O2/c1-10-7-8-5-3-4-6-9(8)11-2/h3-7H,1-2H3. The lowest BCUT2D eigenvalue weighted by atomic mass is 10.2. The first-order valence-electron chi connectivity index (χ1n) is 3.37. The summed E-state index contributed by atoms with van der Waals surface area (Å²) >= 11 is 0. The molecule has 0 aliphatic heterocycles. The molecule has 0 aromatic heterocycles. The molecular weight excluding hydrogens is 140 g/mol. The number of methoxy groups -OCH3 is 2. The van der Waals surface area contributed by atoms with E-state index in [0.717, 1.165) is 11.3 Å². The molecule has 0 saturated carbocycles. The van der Waals surface area contributed by atoms with Crippen LogP contribution in [0.1, 0.15) is 5.56 Å². The minimum atomic E-state index is 0.828. The number of ether oxygens (including phenoxy) is 2. The summed E-state index contributed by atoms with van der Waals surface area (Å²) in [5.74, 6) is 0.828. The Morgan fingerprint density at radius 1 is 1.18 bits per heavy atom. The lowest BCUT2D eigenvalue weighted by Crippen LogP contribution is -1.90. The van der Waals surface area contributed by atoms with E-state index in [4.69, 9.17) is 9.47 Å². The molecule has 0 amide bonds. The summed E-state index contributed by atoms with van der Waals surface area (Å²) in [6.07, 6.45) is 0. The molecule has 0 fully saturated rings. The molecule has 1 aromatic rings. The summed E-state index contributed by atoms with van der Waals surface area (Å²) in [5.41, 5.74) is 0.956. The van der Waals surface area contributed by atoms with Crippen LogP contribution >= 0.6 is 0 Å². The van der Waals surface area contributed by atoms with Crippen LogP contribution in [0.15, 0.2) is 24.3 Å². The Bertz CT molecular complexity index is 221. The molecule has 0 aliphatic carbocycles. The smallest absolute Gasteiger partial charge is 0.124 e. The van der Waals surface area contributed by atoms with Crippen molar-refractivity contribution in [1.29, 1.82) is 0 Å². The maximum absolute atomic E-state index is 5.09. The largest absolute Gasteiger partial charge is 0.496 e. The molecule has 0 aliphatic rings. The highest BCUT2D eigenvalue weighted by molar-refractivity contribution is 5.36. The highest BCUT2D eigenvalue weighted by Gasteiger charge is 1.99. The van der Waals surface area contributed by atoms with Crippen LogP contribution in [0.4, 0.5) is 0 Å². The molecule has 2 nitrogen and oxygen atoms in total. The van der Waals surface area contributed by atoms with E-state index in [1.807, 2.05) is 24.3 Å². The van der Waals surface area contributed by atoms with Crippen molar-refractivity contribution in [3.8, 4) is 5.75 Å². The maximum atomic E-state index is 5.09. The molecule has 0 N–H and O–H groups in total. The summed E-state index contributed by atoms with van der Waals surface area (Å²) < 4.78 is 9.95. The quantitative estimate of drug-likeness (QED) is 0.656. The van der Waals surface area contributed by atoms with Gasteiger partial charge >= 0.3 is 0 Å². The second-order valence-corrected chi connectivity index (χ2v) is 2.10. The summed E-state index contributed by atoms with van der Waals surface area (Å²) in [6, 6.07) is 7.69. The fourth-order valence-electron chi connectivity index (χ4n) is 0.891. The van der Waals surface area contributed by atoms with Crippen LogP contribution in [0, 0.1) is 6.61 Å². The molecule has 0 unspecified atom stereocenters. The molecule has 11 heavy (non-hydrogen) atoms. The molecule has 59 valence electrons. The number of para-hydroxylation sites is 1. The Morgan fingerprint density at radius 2 is 1.91 bits per heavy atom. The van der Waals surface area contributed by atoms with Crippen LogP contribution < -0.4 is 4.74 Å². The highest BCUT2D eigenvalue weighted by Crippen LogP contribution is 2.18. The van der Waals surface area contributed by atoms with E-state index in [1.165, 1.54) is 0 Å². The van der Waals surface area contributed by atoms with E-state index in [-0.39, 0.29) is 0 Å². The van der Waals surface area contributed by atoms with E-state index >= 15 is 0 Å². The predicted octanol–water partition coefficient (Wildman–Crippen LogP) is 1.85. The molecule has 1 radical (unpaired) electrons. The van der Waals surface area contributed by atoms with Gasteiger partial charge in [0.25, 0.3) is 0 Å². The molecule has 0 spiro atoms. The summed E-state index contributed by atoms with van der Waals surface area (Å²) in [6.45, 7) is 1.65. The van der Waals surface area contributed by atoms with Crippen molar-refractivity contribution in [2.45, 2.75) is 0 Å². The lowest BCUT2D eigenvalue weighted by Gasteiger charge is -2.05. The van der Waals surface area contributed by atoms with Gasteiger partial charge in [-0.25, -0.2) is 0 Å². The zero-order valence-electron chi connectivity index (χ0n) is 6.70. The average Bonchev–Trinajstić information content (AvgIpc) is 2.06. The number of rotatable bonds is 3. The van der Waals surface area contributed by atoms with Crippen molar-refractivity contribution >= 4 is 0 Å². The van der Waals surface area contributed by atoms with Crippen molar-refractivity contribution in [2.75, 3.05) is 14.2 Å². The Balaban J connectivity index is 2.83. The zero-order valence-corrected chi connectivity index (χ0v) is 6.70. The Morgan fingerprint density at radius 3 is 2.55 bits per heavy atom. The second kappa shape index (κ2) is 3.98. The number of hydrogen-bond donors (Lipinski definition) is 0. The van der Waals surface area contributed by atoms with Crippen molar-refractivity contribution in [3.63, 3.8) is 0 Å². The fraction of sp³-hybridized carbons (Fsp3) is 0.222. The third-order valence-electron chi connectivity index (χ3n) is 1.38. The third-order valence-corrected chi connectivity index (χ3v) is 1.38. The Labute approximate surface area is 66.8 Å². The molecule has 1 rings (SSSR count). The first-order chi connectivity index (χ1) is 5.38. The molecule has 0 saturated heterocycles. The number of hydrogen-bond acceptors (Lipinski definition) is 2. The first kappa shape index (κ1) is 8.08. The van der Waals surface area contributed by atoms with Gasteiger partial charge in [-0.2, -0.15) is 0 Å². The van der Waals surface area contributed by atoms with Crippen molar-refractivity contribution < 1.29 is 9.47 Å². The lowest BCUT2D eigenvalue weighted by molar-refractivity contribution is 0.288. The normalized spacial score (nSPS) is 9.64. The summed E-state index contributed by atoms with van der Waals surface area (Å²) in [7, 11) is 3.26. The Hall–Kier alpha value is -1.02. The van der Waals surface area contributed by atoms with Gasteiger partial charge in [0.05, 0.1) is 7.11 Å². The molecule has 0 atom stereocenters. The van der Waals surface area contributed by atoms with E-state index in [0.29, 0.717) is 0 Å². The molecule has 0 heterocycles. The summed E-state index contributed by atoms with van der Waals surface area (Å²) in [4.78, 5) is 0. The van der Waals surface area contributed by atoms with E-state index in [1.54, 1.807) is 20.8 Å². The van der Waals surface area contributed by atoms with Gasteiger partial charge in [-0.05, 0) is 6.07 Å². The van der Waals surface area contributed by atoms with Gasteiger partial charge in [-0.3, -0.25) is 0 Å². The minimum absolute atomic E-state index is 0.828. The van der Waals surface area contributed by atoms with Crippen LogP contribution in [0.25, 0.3) is 0 Å². The maximum Gasteiger partial charge on any atom is 0.124 e. The van der Waals surface area contributed by atoms with E-state index < -0.39 is 0 Å². The Kier molecular flexibility index (Phi) is 2.93. The predicted molar refractivity (Wildman–Crippen MR) is 43.4 cm³/mol. The minimum Gasteiger partial charge on any atom is -0.496 e. The van der Waals surface area contributed by atoms with E-state index in [2.05, 4.69) is 0 Å². The van der Waals surface area contributed by atoms with Gasteiger partial charge < -0.3 is 9.47 Å². The monoisotopic (exact) mass is 151 g/mol. The third kappa shape index (κ3) is 1.95. The zero-order chi connectivity index (χ0) is 8.10. The first-order valence-corrected chi connectivity index (χ1v) is 3.37. The molecule has 2 heteroatoms. The summed E-state index contributed by atoms with van der Waals surface area (Å²) in [5, 5.41) is 0. The average molecular weight is 151 g/mol. The van der Waals surface area contributed by atoms with Crippen LogP contribution in [0.2, 0.25) is 0 Å². The molecule has 0 bridgehead atoms. The number of benzene rings is 1. The van der Waals surface area contributed by atoms with Crippen LogP contribution in [-0.2, 0) is 4.74 Å². The van der Waals surface area contributed by atoms with E-state index in [9.17, 15) is 0 Å². The second-order valence-electron chi connectivity index (χ2n) is 2.10. The van der Waals surface area contributed by atoms with Crippen LogP contribution in [0.5, 0.6) is 5.75 Å². The van der Waals surface area contributed by atoms with Crippen molar-refractivity contribution in [2.24, 2.45) is 0 Å².